The topological polar surface area (TPSA) is 58.6 Å². The van der Waals surface area contributed by atoms with Gasteiger partial charge in [0.15, 0.2) is 0 Å². The summed E-state index contributed by atoms with van der Waals surface area (Å²) < 4.78 is 4.95. The molecule has 0 unspecified atom stereocenters. The first-order chi connectivity index (χ1) is 8.99. The molecular weight excluding hydrogens is 428 g/mol. The average molecular weight is 449 g/mol. The minimum absolute atomic E-state index is 0. The van der Waals surface area contributed by atoms with Crippen molar-refractivity contribution in [2.45, 2.75) is 6.92 Å². The zero-order valence-electron chi connectivity index (χ0n) is 12.3. The third kappa shape index (κ3) is 14.6. The van der Waals surface area contributed by atoms with E-state index in [2.05, 4.69) is 19.2 Å². The Labute approximate surface area is 135 Å². The fourth-order valence-electron chi connectivity index (χ4n) is 0.835. The number of ether oxygens (including phenoxy) is 1. The Morgan fingerprint density at radius 1 is 1.25 bits per heavy atom. The summed E-state index contributed by atoms with van der Waals surface area (Å²) in [6.07, 6.45) is 1.61. The maximum atomic E-state index is 10.5. The number of hydrogen-bond acceptors (Lipinski definition) is 3. The fourth-order valence-corrected chi connectivity index (χ4v) is 0.835. The van der Waals surface area contributed by atoms with E-state index < -0.39 is 0 Å². The van der Waals surface area contributed by atoms with Crippen molar-refractivity contribution in [1.29, 1.82) is 0 Å². The molecule has 20 heavy (non-hydrogen) atoms. The standard InChI is InChI=1S/C9H10NO2.C3H6NO.C2H5.W/c1-7(11)10-8-3-5-9(12-2)6-4-8;1-4(2)3-5;1-2;/h3-6H,1H2,2H3,(H,10,11);1-2H3;1H2,2H3;/q3*-1;. The molecule has 0 aliphatic carbocycles. The van der Waals surface area contributed by atoms with Crippen LogP contribution in [0, 0.1) is 13.8 Å². The Morgan fingerprint density at radius 3 is 1.90 bits per heavy atom. The van der Waals surface area contributed by atoms with E-state index in [1.54, 1.807) is 58.8 Å². The first-order valence-corrected chi connectivity index (χ1v) is 5.52. The van der Waals surface area contributed by atoms with Crippen molar-refractivity contribution in [1.82, 2.24) is 4.90 Å². The van der Waals surface area contributed by atoms with Crippen LogP contribution in [0.5, 0.6) is 5.75 Å². The van der Waals surface area contributed by atoms with Crippen LogP contribution in [0.15, 0.2) is 24.3 Å². The molecule has 1 rings (SSSR count). The summed E-state index contributed by atoms with van der Waals surface area (Å²) >= 11 is 0. The van der Waals surface area contributed by atoms with Crippen LogP contribution in [-0.4, -0.2) is 38.4 Å². The second-order valence-electron chi connectivity index (χ2n) is 3.26. The van der Waals surface area contributed by atoms with Gasteiger partial charge in [-0.2, -0.15) is 13.3 Å². The number of anilines is 1. The molecule has 6 heteroatoms. The number of nitrogens with one attached hydrogen (secondary N) is 1. The van der Waals surface area contributed by atoms with E-state index >= 15 is 0 Å². The first kappa shape index (κ1) is 23.6. The Morgan fingerprint density at radius 2 is 1.65 bits per heavy atom. The molecule has 0 aliphatic rings. The van der Waals surface area contributed by atoms with Gasteiger partial charge in [0.1, 0.15) is 5.75 Å². The molecule has 1 aromatic carbocycles. The van der Waals surface area contributed by atoms with Crippen molar-refractivity contribution in [2.24, 2.45) is 0 Å². The predicted molar refractivity (Wildman–Crippen MR) is 77.4 cm³/mol. The summed E-state index contributed by atoms with van der Waals surface area (Å²) in [7, 11) is 4.86. The van der Waals surface area contributed by atoms with Crippen LogP contribution in [-0.2, 0) is 30.7 Å². The first-order valence-electron chi connectivity index (χ1n) is 5.52. The van der Waals surface area contributed by atoms with Crippen LogP contribution in [0.4, 0.5) is 5.69 Å². The van der Waals surface area contributed by atoms with Crippen molar-refractivity contribution in [2.75, 3.05) is 26.5 Å². The van der Waals surface area contributed by atoms with Crippen molar-refractivity contribution < 1.29 is 35.4 Å². The molecule has 0 saturated carbocycles. The van der Waals surface area contributed by atoms with Gasteiger partial charge in [0.05, 0.1) is 13.0 Å². The van der Waals surface area contributed by atoms with Crippen molar-refractivity contribution in [3.05, 3.63) is 38.1 Å². The Balaban J connectivity index is -0.000000310. The van der Waals surface area contributed by atoms with Gasteiger partial charge < -0.3 is 38.4 Å². The Hall–Kier alpha value is -1.48. The van der Waals surface area contributed by atoms with Gasteiger partial charge in [-0.05, 0) is 38.4 Å². The monoisotopic (exact) mass is 449 g/mol. The van der Waals surface area contributed by atoms with Gasteiger partial charge in [-0.25, -0.2) is 0 Å². The number of carbonyl (C=O) groups excluding carboxylic acids is 2. The molecule has 1 N–H and O–H groups in total. The second kappa shape index (κ2) is 15.6. The number of carbonyl (C=O) groups is 1. The smallest absolute Gasteiger partial charge is 0.119 e. The number of nitrogens with zero attached hydrogens (tertiary/aromatic N) is 1. The maximum absolute atomic E-state index is 10.5. The van der Waals surface area contributed by atoms with Gasteiger partial charge in [-0.1, -0.05) is 0 Å². The van der Waals surface area contributed by atoms with Crippen LogP contribution < -0.4 is 10.1 Å². The minimum Gasteiger partial charge on any atom is -0.522 e. The summed E-state index contributed by atoms with van der Waals surface area (Å²) in [6.45, 7) is 8.20. The van der Waals surface area contributed by atoms with Gasteiger partial charge in [0.25, 0.3) is 0 Å². The molecule has 1 aromatic rings. The van der Waals surface area contributed by atoms with Gasteiger partial charge >= 0.3 is 0 Å². The molecule has 0 spiro atoms. The average Bonchev–Trinajstić information content (AvgIpc) is 2.42. The van der Waals surface area contributed by atoms with Crippen LogP contribution >= 0.6 is 0 Å². The molecule has 114 valence electrons. The van der Waals surface area contributed by atoms with Gasteiger partial charge in [0, 0.05) is 26.8 Å². The summed E-state index contributed by atoms with van der Waals surface area (Å²) in [4.78, 5) is 21.1. The Bertz CT molecular complexity index is 354. The minimum atomic E-state index is -0.319. The van der Waals surface area contributed by atoms with E-state index in [-0.39, 0.29) is 27.0 Å². The molecule has 0 aromatic heterocycles. The quantitative estimate of drug-likeness (QED) is 0.567. The summed E-state index contributed by atoms with van der Waals surface area (Å²) in [5, 5.41) is 2.55. The number of hydrogen-bond donors (Lipinski definition) is 1. The number of amides is 2. The number of rotatable bonds is 3. The zero-order valence-corrected chi connectivity index (χ0v) is 15.2. The normalized spacial score (nSPS) is 7.45. The second-order valence-corrected chi connectivity index (χ2v) is 3.26. The Kier molecular flexibility index (Phi) is 18.4. The van der Waals surface area contributed by atoms with Crippen LogP contribution in [0.1, 0.15) is 6.92 Å². The molecule has 0 bridgehead atoms. The van der Waals surface area contributed by atoms with E-state index in [0.29, 0.717) is 0 Å². The van der Waals surface area contributed by atoms with E-state index in [4.69, 9.17) is 4.74 Å². The van der Waals surface area contributed by atoms with E-state index in [0.717, 1.165) is 11.4 Å². The summed E-state index contributed by atoms with van der Waals surface area (Å²) in [5.74, 6) is 0.442. The fraction of sp³-hybridized carbons (Fsp3) is 0.286. The molecule has 0 saturated heterocycles. The van der Waals surface area contributed by atoms with Crippen LogP contribution in [0.2, 0.25) is 0 Å². The van der Waals surface area contributed by atoms with Crippen LogP contribution in [0.3, 0.4) is 0 Å². The molecular formula is C14H21N2O3W-3. The molecule has 0 aliphatic heterocycles. The number of benzene rings is 1. The molecule has 0 fully saturated rings. The third-order valence-corrected chi connectivity index (χ3v) is 1.56. The number of methoxy groups -OCH3 is 1. The van der Waals surface area contributed by atoms with Gasteiger partial charge in [0.2, 0.25) is 0 Å². The van der Waals surface area contributed by atoms with E-state index in [1.807, 2.05) is 0 Å². The van der Waals surface area contributed by atoms with E-state index in [9.17, 15) is 9.59 Å². The van der Waals surface area contributed by atoms with Crippen LogP contribution in [0.25, 0.3) is 0 Å². The molecule has 2 amide bonds. The largest absolute Gasteiger partial charge is 0.522 e. The van der Waals surface area contributed by atoms with Gasteiger partial charge in [-0.15, -0.1) is 0 Å². The maximum Gasteiger partial charge on any atom is 0.119 e. The van der Waals surface area contributed by atoms with Crippen molar-refractivity contribution in [3.63, 3.8) is 0 Å². The third-order valence-electron chi connectivity index (χ3n) is 1.56. The summed E-state index contributed by atoms with van der Waals surface area (Å²) in [5.41, 5.74) is 0.718. The zero-order chi connectivity index (χ0) is 15.3. The molecule has 0 heterocycles. The molecule has 5 nitrogen and oxygen atoms in total. The van der Waals surface area contributed by atoms with E-state index in [1.165, 1.54) is 4.90 Å². The van der Waals surface area contributed by atoms with Gasteiger partial charge in [-0.3, -0.25) is 0 Å². The summed E-state index contributed by atoms with van der Waals surface area (Å²) in [6, 6.07) is 7.04. The predicted octanol–water partition coefficient (Wildman–Crippen LogP) is 1.92. The molecule has 0 atom stereocenters. The molecule has 0 radical (unpaired) electrons. The van der Waals surface area contributed by atoms with Crippen molar-refractivity contribution >= 4 is 18.0 Å². The van der Waals surface area contributed by atoms with Crippen molar-refractivity contribution in [3.8, 4) is 5.75 Å². The SMILES string of the molecule is CN(C)[C-]=O.[CH2-]C.[CH2-]C(=O)Nc1ccc(OC)cc1.[W].